The zero-order valence-corrected chi connectivity index (χ0v) is 11.4. The summed E-state index contributed by atoms with van der Waals surface area (Å²) in [7, 11) is 1.93. The van der Waals surface area contributed by atoms with E-state index in [0.717, 1.165) is 23.6 Å². The van der Waals surface area contributed by atoms with Gasteiger partial charge in [-0.1, -0.05) is 12.1 Å². The van der Waals surface area contributed by atoms with Crippen molar-refractivity contribution in [1.82, 2.24) is 14.8 Å². The fourth-order valence-corrected chi connectivity index (χ4v) is 2.76. The van der Waals surface area contributed by atoms with Gasteiger partial charge in [0.1, 0.15) is 5.82 Å². The zero-order chi connectivity index (χ0) is 13.2. The van der Waals surface area contributed by atoms with Gasteiger partial charge in [0.25, 0.3) is 0 Å². The molecule has 0 bridgehead atoms. The largest absolute Gasteiger partial charge is 0.330 e. The first-order chi connectivity index (χ1) is 9.28. The molecule has 1 aliphatic rings. The molecule has 3 rings (SSSR count). The first-order valence-corrected chi connectivity index (χ1v) is 7.00. The van der Waals surface area contributed by atoms with Crippen molar-refractivity contribution < 1.29 is 0 Å². The molecule has 1 aromatic carbocycles. The summed E-state index contributed by atoms with van der Waals surface area (Å²) in [5, 5.41) is 4.50. The predicted molar refractivity (Wildman–Crippen MR) is 75.8 cm³/mol. The molecule has 0 amide bonds. The van der Waals surface area contributed by atoms with Crippen LogP contribution in [0, 0.1) is 0 Å². The molecule has 0 saturated heterocycles. The number of benzene rings is 1. The quantitative estimate of drug-likeness (QED) is 0.912. The number of rotatable bonds is 3. The topological polar surface area (TPSA) is 56.7 Å². The van der Waals surface area contributed by atoms with Crippen LogP contribution < -0.4 is 5.73 Å². The number of nitrogens with two attached hydrogens (primary N) is 1. The maximum absolute atomic E-state index is 5.59. The number of aromatic nitrogens is 3. The van der Waals surface area contributed by atoms with Gasteiger partial charge < -0.3 is 5.73 Å². The van der Waals surface area contributed by atoms with Crippen molar-refractivity contribution in [2.24, 2.45) is 12.8 Å². The summed E-state index contributed by atoms with van der Waals surface area (Å²) in [5.74, 6) is 1.77. The van der Waals surface area contributed by atoms with Gasteiger partial charge in [0, 0.05) is 19.0 Å². The highest BCUT2D eigenvalue weighted by Gasteiger charge is 2.13. The van der Waals surface area contributed by atoms with Crippen molar-refractivity contribution in [3.63, 3.8) is 0 Å². The van der Waals surface area contributed by atoms with Gasteiger partial charge in [0.05, 0.1) is 0 Å². The highest BCUT2D eigenvalue weighted by atomic mass is 15.3. The van der Waals surface area contributed by atoms with E-state index >= 15 is 0 Å². The van der Waals surface area contributed by atoms with Gasteiger partial charge in [-0.15, -0.1) is 0 Å². The smallest absolute Gasteiger partial charge is 0.181 e. The van der Waals surface area contributed by atoms with Crippen LogP contribution in [0.1, 0.15) is 29.8 Å². The molecule has 4 nitrogen and oxygen atoms in total. The van der Waals surface area contributed by atoms with E-state index < -0.39 is 0 Å². The molecule has 2 N–H and O–H groups in total. The minimum atomic E-state index is 0.607. The molecule has 4 heteroatoms. The van der Waals surface area contributed by atoms with E-state index in [1.165, 1.54) is 36.8 Å². The van der Waals surface area contributed by atoms with Crippen LogP contribution >= 0.6 is 0 Å². The van der Waals surface area contributed by atoms with E-state index in [0.29, 0.717) is 6.54 Å². The Bertz CT molecular complexity index is 586. The molecule has 0 spiro atoms. The fraction of sp³-hybridized carbons (Fsp3) is 0.467. The lowest BCUT2D eigenvalue weighted by atomic mass is 9.90. The Morgan fingerprint density at radius 2 is 2.00 bits per heavy atom. The first kappa shape index (κ1) is 12.4. The van der Waals surface area contributed by atoms with Crippen LogP contribution in [0.2, 0.25) is 0 Å². The van der Waals surface area contributed by atoms with E-state index in [9.17, 15) is 0 Å². The SMILES string of the molecule is Cn1nc(-c2ccc3c(c2)CCCC3)nc1CCN. The van der Waals surface area contributed by atoms with Gasteiger partial charge in [-0.25, -0.2) is 4.98 Å². The van der Waals surface area contributed by atoms with Crippen LogP contribution in [0.25, 0.3) is 11.4 Å². The molecule has 0 unspecified atom stereocenters. The minimum Gasteiger partial charge on any atom is -0.330 e. The second kappa shape index (κ2) is 5.13. The highest BCUT2D eigenvalue weighted by molar-refractivity contribution is 5.57. The zero-order valence-electron chi connectivity index (χ0n) is 11.4. The Balaban J connectivity index is 1.95. The predicted octanol–water partition coefficient (Wildman–Crippen LogP) is 1.86. The Hall–Kier alpha value is -1.68. The van der Waals surface area contributed by atoms with Crippen LogP contribution in [0.4, 0.5) is 0 Å². The van der Waals surface area contributed by atoms with Gasteiger partial charge in [-0.05, 0) is 49.4 Å². The normalized spacial score (nSPS) is 14.4. The van der Waals surface area contributed by atoms with Crippen molar-refractivity contribution in [2.75, 3.05) is 6.54 Å². The van der Waals surface area contributed by atoms with Crippen molar-refractivity contribution in [2.45, 2.75) is 32.1 Å². The number of hydrogen-bond donors (Lipinski definition) is 1. The molecule has 2 aromatic rings. The summed E-state index contributed by atoms with van der Waals surface area (Å²) < 4.78 is 1.83. The lowest BCUT2D eigenvalue weighted by Gasteiger charge is -2.15. The van der Waals surface area contributed by atoms with Crippen molar-refractivity contribution in [1.29, 1.82) is 0 Å². The molecule has 100 valence electrons. The first-order valence-electron chi connectivity index (χ1n) is 7.00. The summed E-state index contributed by atoms with van der Waals surface area (Å²) in [5.41, 5.74) is 9.67. The minimum absolute atomic E-state index is 0.607. The monoisotopic (exact) mass is 256 g/mol. The van der Waals surface area contributed by atoms with E-state index in [1.54, 1.807) is 0 Å². The number of fused-ring (bicyclic) bond motifs is 1. The average Bonchev–Trinajstić information content (AvgIpc) is 2.80. The number of aryl methyl sites for hydroxylation is 3. The van der Waals surface area contributed by atoms with Crippen LogP contribution in [0.3, 0.4) is 0 Å². The molecule has 0 saturated carbocycles. The molecule has 19 heavy (non-hydrogen) atoms. The Kier molecular flexibility index (Phi) is 3.34. The van der Waals surface area contributed by atoms with Crippen molar-refractivity contribution in [3.05, 3.63) is 35.2 Å². The lowest BCUT2D eigenvalue weighted by molar-refractivity contribution is 0.685. The average molecular weight is 256 g/mol. The lowest BCUT2D eigenvalue weighted by Crippen LogP contribution is -2.08. The Labute approximate surface area is 113 Å². The summed E-state index contributed by atoms with van der Waals surface area (Å²) in [6.45, 7) is 0.607. The molecule has 1 heterocycles. The molecule has 0 fully saturated rings. The summed E-state index contributed by atoms with van der Waals surface area (Å²) in [6, 6.07) is 6.64. The molecular formula is C15H20N4. The molecule has 0 atom stereocenters. The van der Waals surface area contributed by atoms with Gasteiger partial charge in [-0.2, -0.15) is 5.10 Å². The van der Waals surface area contributed by atoms with Crippen LogP contribution in [0.5, 0.6) is 0 Å². The van der Waals surface area contributed by atoms with Gasteiger partial charge in [0.2, 0.25) is 0 Å². The van der Waals surface area contributed by atoms with Crippen molar-refractivity contribution in [3.8, 4) is 11.4 Å². The Morgan fingerprint density at radius 3 is 2.79 bits per heavy atom. The molecule has 1 aromatic heterocycles. The van der Waals surface area contributed by atoms with E-state index in [2.05, 4.69) is 28.3 Å². The highest BCUT2D eigenvalue weighted by Crippen LogP contribution is 2.26. The maximum atomic E-state index is 5.59. The third-order valence-electron chi connectivity index (χ3n) is 3.83. The maximum Gasteiger partial charge on any atom is 0.181 e. The standard InChI is InChI=1S/C15H20N4/c1-19-14(8-9-16)17-15(18-19)13-7-6-11-4-2-3-5-12(11)10-13/h6-7,10H,2-5,8-9,16H2,1H3. The molecule has 1 aliphatic carbocycles. The van der Waals surface area contributed by atoms with Crippen molar-refractivity contribution >= 4 is 0 Å². The van der Waals surface area contributed by atoms with Crippen LogP contribution in [-0.4, -0.2) is 21.3 Å². The van der Waals surface area contributed by atoms with E-state index in [1.807, 2.05) is 11.7 Å². The second-order valence-corrected chi connectivity index (χ2v) is 5.20. The van der Waals surface area contributed by atoms with Crippen LogP contribution in [-0.2, 0) is 26.3 Å². The molecule has 0 radical (unpaired) electrons. The van der Waals surface area contributed by atoms with Crippen LogP contribution in [0.15, 0.2) is 18.2 Å². The van der Waals surface area contributed by atoms with Gasteiger partial charge in [-0.3, -0.25) is 4.68 Å². The number of nitrogens with zero attached hydrogens (tertiary/aromatic N) is 3. The number of hydrogen-bond acceptors (Lipinski definition) is 3. The molecule has 0 aliphatic heterocycles. The third kappa shape index (κ3) is 2.40. The van der Waals surface area contributed by atoms with Gasteiger partial charge in [0.15, 0.2) is 5.82 Å². The second-order valence-electron chi connectivity index (χ2n) is 5.20. The summed E-state index contributed by atoms with van der Waals surface area (Å²) >= 11 is 0. The van der Waals surface area contributed by atoms with Gasteiger partial charge >= 0.3 is 0 Å². The summed E-state index contributed by atoms with van der Waals surface area (Å²) in [4.78, 5) is 4.59. The fourth-order valence-electron chi connectivity index (χ4n) is 2.76. The Morgan fingerprint density at radius 1 is 1.21 bits per heavy atom. The summed E-state index contributed by atoms with van der Waals surface area (Å²) in [6.07, 6.45) is 5.78. The van der Waals surface area contributed by atoms with E-state index in [-0.39, 0.29) is 0 Å². The van der Waals surface area contributed by atoms with E-state index in [4.69, 9.17) is 5.73 Å². The third-order valence-corrected chi connectivity index (χ3v) is 3.83. The molecular weight excluding hydrogens is 236 g/mol.